The van der Waals surface area contributed by atoms with Gasteiger partial charge in [0.25, 0.3) is 5.91 Å². The number of rotatable bonds is 7. The van der Waals surface area contributed by atoms with Gasteiger partial charge in [0.1, 0.15) is 5.69 Å². The highest BCUT2D eigenvalue weighted by molar-refractivity contribution is 6.01. The van der Waals surface area contributed by atoms with E-state index in [1.807, 2.05) is 67.6 Å². The van der Waals surface area contributed by atoms with Gasteiger partial charge in [0.15, 0.2) is 0 Å². The van der Waals surface area contributed by atoms with E-state index in [2.05, 4.69) is 0 Å². The smallest absolute Gasteiger partial charge is 0.337 e. The molecule has 0 spiro atoms. The van der Waals surface area contributed by atoms with E-state index in [0.29, 0.717) is 17.7 Å². The molecule has 1 aromatic heterocycles. The molecule has 35 heavy (non-hydrogen) atoms. The monoisotopic (exact) mass is 477 g/mol. The first-order valence-electron chi connectivity index (χ1n) is 11.4. The number of alkyl halides is 3. The minimum absolute atomic E-state index is 0.0459. The first kappa shape index (κ1) is 24.3. The predicted octanol–water partition coefficient (Wildman–Crippen LogP) is 6.78. The number of amides is 1. The third kappa shape index (κ3) is 5.14. The van der Waals surface area contributed by atoms with Crippen LogP contribution in [0.3, 0.4) is 0 Å². The minimum atomic E-state index is -4.50. The lowest BCUT2D eigenvalue weighted by Crippen LogP contribution is -2.28. The molecule has 0 N–H and O–H groups in total. The average molecular weight is 478 g/mol. The molecule has 4 aromatic rings. The van der Waals surface area contributed by atoms with Gasteiger partial charge in [-0.2, -0.15) is 18.3 Å². The zero-order valence-corrected chi connectivity index (χ0v) is 19.6. The van der Waals surface area contributed by atoms with Crippen LogP contribution in [0.15, 0.2) is 84.9 Å². The van der Waals surface area contributed by atoms with Crippen molar-refractivity contribution in [1.82, 2.24) is 14.7 Å². The number of carbonyl (C=O) groups is 1. The van der Waals surface area contributed by atoms with E-state index in [4.69, 9.17) is 5.10 Å². The Morgan fingerprint density at radius 1 is 0.914 bits per heavy atom. The van der Waals surface area contributed by atoms with E-state index in [1.165, 1.54) is 24.1 Å². The molecule has 180 valence electrons. The van der Waals surface area contributed by atoms with Crippen molar-refractivity contribution < 1.29 is 18.0 Å². The molecule has 7 heteroatoms. The summed E-state index contributed by atoms with van der Waals surface area (Å²) in [4.78, 5) is 15.2. The Labute approximate surface area is 202 Å². The van der Waals surface area contributed by atoms with Crippen LogP contribution in [0.25, 0.3) is 16.9 Å². The molecule has 1 heterocycles. The van der Waals surface area contributed by atoms with Crippen molar-refractivity contribution in [2.24, 2.45) is 0 Å². The third-order valence-electron chi connectivity index (χ3n) is 5.81. The molecular weight excluding hydrogens is 451 g/mol. The van der Waals surface area contributed by atoms with Crippen LogP contribution in [0.5, 0.6) is 0 Å². The lowest BCUT2D eigenvalue weighted by atomic mass is 10.0. The molecule has 0 fully saturated rings. The number of benzene rings is 3. The summed E-state index contributed by atoms with van der Waals surface area (Å²) in [6, 6.07) is 24.3. The highest BCUT2D eigenvalue weighted by Crippen LogP contribution is 2.33. The van der Waals surface area contributed by atoms with Crippen molar-refractivity contribution in [3.63, 3.8) is 0 Å². The van der Waals surface area contributed by atoms with Gasteiger partial charge in [-0.15, -0.1) is 0 Å². The zero-order valence-electron chi connectivity index (χ0n) is 19.6. The maximum Gasteiger partial charge on any atom is 0.416 e. The molecule has 0 saturated carbocycles. The number of para-hydroxylation sites is 1. The summed E-state index contributed by atoms with van der Waals surface area (Å²) in [7, 11) is 1.53. The van der Waals surface area contributed by atoms with Crippen molar-refractivity contribution in [3.05, 3.63) is 107 Å². The maximum atomic E-state index is 13.8. The second-order valence-electron chi connectivity index (χ2n) is 8.35. The van der Waals surface area contributed by atoms with E-state index < -0.39 is 11.7 Å². The number of aromatic nitrogens is 2. The molecule has 0 radical (unpaired) electrons. The second-order valence-corrected chi connectivity index (χ2v) is 8.35. The highest BCUT2D eigenvalue weighted by Gasteiger charge is 2.34. The summed E-state index contributed by atoms with van der Waals surface area (Å²) in [6.45, 7) is 1.84. The Bertz CT molecular complexity index is 1300. The first-order valence-corrected chi connectivity index (χ1v) is 11.4. The molecule has 1 amide bonds. The lowest BCUT2D eigenvalue weighted by molar-refractivity contribution is -0.138. The summed E-state index contributed by atoms with van der Waals surface area (Å²) in [5, 5.41) is 4.83. The van der Waals surface area contributed by atoms with Crippen molar-refractivity contribution in [3.8, 4) is 16.9 Å². The van der Waals surface area contributed by atoms with Gasteiger partial charge >= 0.3 is 6.18 Å². The standard InChI is InChI=1S/C28H26F3N3O/c1-3-12-24-25(27(35)33(2)19-21-15-10-11-18-23(21)28(29,30)31)26(20-13-6-4-7-14-20)32-34(24)22-16-8-5-9-17-22/h4-11,13-18H,3,12,19H2,1-2H3. The minimum Gasteiger partial charge on any atom is -0.337 e. The van der Waals surface area contributed by atoms with Crippen LogP contribution >= 0.6 is 0 Å². The maximum absolute atomic E-state index is 13.8. The van der Waals surface area contributed by atoms with E-state index >= 15 is 0 Å². The fourth-order valence-corrected chi connectivity index (χ4v) is 4.18. The zero-order chi connectivity index (χ0) is 25.0. The van der Waals surface area contributed by atoms with Gasteiger partial charge in [-0.05, 0) is 30.2 Å². The van der Waals surface area contributed by atoms with Crippen molar-refractivity contribution in [1.29, 1.82) is 0 Å². The largest absolute Gasteiger partial charge is 0.416 e. The van der Waals surface area contributed by atoms with Crippen LogP contribution in [0, 0.1) is 0 Å². The summed E-state index contributed by atoms with van der Waals surface area (Å²) >= 11 is 0. The molecule has 0 aliphatic heterocycles. The highest BCUT2D eigenvalue weighted by atomic mass is 19.4. The number of hydrogen-bond donors (Lipinski definition) is 0. The van der Waals surface area contributed by atoms with E-state index in [1.54, 1.807) is 10.7 Å². The van der Waals surface area contributed by atoms with Crippen LogP contribution in [-0.2, 0) is 19.1 Å². The van der Waals surface area contributed by atoms with Gasteiger partial charge in [0, 0.05) is 19.2 Å². The topological polar surface area (TPSA) is 38.1 Å². The van der Waals surface area contributed by atoms with Crippen molar-refractivity contribution in [2.75, 3.05) is 7.05 Å². The van der Waals surface area contributed by atoms with Crippen LogP contribution in [0.2, 0.25) is 0 Å². The molecule has 0 aliphatic carbocycles. The fraction of sp³-hybridized carbons (Fsp3) is 0.214. The number of carbonyl (C=O) groups excluding carboxylic acids is 1. The van der Waals surface area contributed by atoms with Crippen molar-refractivity contribution >= 4 is 5.91 Å². The molecule has 0 unspecified atom stereocenters. The Balaban J connectivity index is 1.82. The van der Waals surface area contributed by atoms with Crippen LogP contribution in [0.1, 0.15) is 40.5 Å². The Morgan fingerprint density at radius 3 is 2.14 bits per heavy atom. The quantitative estimate of drug-likeness (QED) is 0.294. The van der Waals surface area contributed by atoms with Gasteiger partial charge in [-0.1, -0.05) is 80.1 Å². The van der Waals surface area contributed by atoms with Gasteiger partial charge < -0.3 is 4.90 Å². The molecule has 4 nitrogen and oxygen atoms in total. The van der Waals surface area contributed by atoms with Crippen molar-refractivity contribution in [2.45, 2.75) is 32.5 Å². The summed E-state index contributed by atoms with van der Waals surface area (Å²) in [5.74, 6) is -0.369. The normalized spacial score (nSPS) is 11.5. The van der Waals surface area contributed by atoms with E-state index in [0.717, 1.165) is 29.4 Å². The van der Waals surface area contributed by atoms with E-state index in [9.17, 15) is 18.0 Å². The van der Waals surface area contributed by atoms with Crippen LogP contribution in [0.4, 0.5) is 13.2 Å². The first-order chi connectivity index (χ1) is 16.8. The average Bonchev–Trinajstić information content (AvgIpc) is 3.23. The predicted molar refractivity (Wildman–Crippen MR) is 130 cm³/mol. The Hall–Kier alpha value is -3.87. The van der Waals surface area contributed by atoms with Gasteiger partial charge in [0.2, 0.25) is 0 Å². The molecule has 4 rings (SSSR count). The summed E-state index contributed by atoms with van der Waals surface area (Å²) < 4.78 is 42.4. The van der Waals surface area contributed by atoms with Gasteiger partial charge in [-0.25, -0.2) is 4.68 Å². The number of halogens is 3. The molecule has 0 bridgehead atoms. The molecule has 3 aromatic carbocycles. The van der Waals surface area contributed by atoms with Gasteiger partial charge in [0.05, 0.1) is 22.5 Å². The van der Waals surface area contributed by atoms with Crippen LogP contribution < -0.4 is 0 Å². The number of hydrogen-bond acceptors (Lipinski definition) is 2. The Kier molecular flexibility index (Phi) is 7.05. The summed E-state index contributed by atoms with van der Waals surface area (Å²) in [6.07, 6.45) is -3.14. The Morgan fingerprint density at radius 2 is 1.51 bits per heavy atom. The van der Waals surface area contributed by atoms with Gasteiger partial charge in [-0.3, -0.25) is 4.79 Å². The number of nitrogens with zero attached hydrogens (tertiary/aromatic N) is 3. The molecular formula is C28H26F3N3O. The van der Waals surface area contributed by atoms with Crippen LogP contribution in [-0.4, -0.2) is 27.6 Å². The molecule has 0 atom stereocenters. The lowest BCUT2D eigenvalue weighted by Gasteiger charge is -2.21. The SMILES string of the molecule is CCCc1c(C(=O)N(C)Cc2ccccc2C(F)(F)F)c(-c2ccccc2)nn1-c1ccccc1. The molecule has 0 saturated heterocycles. The third-order valence-corrected chi connectivity index (χ3v) is 5.81. The second kappa shape index (κ2) is 10.2. The summed E-state index contributed by atoms with van der Waals surface area (Å²) in [5.41, 5.74) is 2.55. The molecule has 0 aliphatic rings. The van der Waals surface area contributed by atoms with E-state index in [-0.39, 0.29) is 18.0 Å². The fourth-order valence-electron chi connectivity index (χ4n) is 4.18.